The van der Waals surface area contributed by atoms with Crippen molar-refractivity contribution in [3.05, 3.63) is 0 Å². The summed E-state index contributed by atoms with van der Waals surface area (Å²) in [6.07, 6.45) is 9.93. The fourth-order valence-corrected chi connectivity index (χ4v) is 3.65. The molecule has 0 aromatic carbocycles. The second-order valence-electron chi connectivity index (χ2n) is 6.49. The van der Waals surface area contributed by atoms with Crippen LogP contribution in [0.25, 0.3) is 0 Å². The van der Waals surface area contributed by atoms with E-state index in [0.29, 0.717) is 12.0 Å². The third kappa shape index (κ3) is 3.45. The minimum absolute atomic E-state index is 0.388. The molecule has 0 amide bonds. The predicted molar refractivity (Wildman–Crippen MR) is 74.0 cm³/mol. The number of nitrogens with two attached hydrogens (primary N) is 1. The average Bonchev–Trinajstić information content (AvgIpc) is 2.35. The van der Waals surface area contributed by atoms with Crippen molar-refractivity contribution in [3.8, 4) is 0 Å². The van der Waals surface area contributed by atoms with Crippen molar-refractivity contribution in [1.82, 2.24) is 4.90 Å². The first-order chi connectivity index (χ1) is 8.18. The Morgan fingerprint density at radius 2 is 1.82 bits per heavy atom. The van der Waals surface area contributed by atoms with E-state index in [1.165, 1.54) is 58.0 Å². The van der Waals surface area contributed by atoms with Gasteiger partial charge in [0, 0.05) is 12.1 Å². The minimum atomic E-state index is 0.388. The van der Waals surface area contributed by atoms with Crippen LogP contribution in [0, 0.1) is 11.8 Å². The topological polar surface area (TPSA) is 29.3 Å². The fraction of sp³-hybridized carbons (Fsp3) is 1.00. The molecule has 17 heavy (non-hydrogen) atoms. The molecule has 1 aliphatic carbocycles. The van der Waals surface area contributed by atoms with Gasteiger partial charge >= 0.3 is 0 Å². The molecule has 2 aliphatic rings. The van der Waals surface area contributed by atoms with Crippen molar-refractivity contribution in [1.29, 1.82) is 0 Å². The van der Waals surface area contributed by atoms with Gasteiger partial charge in [-0.2, -0.15) is 0 Å². The van der Waals surface area contributed by atoms with Crippen LogP contribution in [-0.4, -0.2) is 30.1 Å². The molecule has 1 unspecified atom stereocenters. The van der Waals surface area contributed by atoms with Gasteiger partial charge in [-0.3, -0.25) is 0 Å². The molecular weight excluding hydrogens is 208 g/mol. The molecule has 0 radical (unpaired) electrons. The van der Waals surface area contributed by atoms with Gasteiger partial charge in [-0.25, -0.2) is 0 Å². The Labute approximate surface area is 107 Å². The number of fused-ring (bicyclic) bond motifs is 1. The fourth-order valence-electron chi connectivity index (χ4n) is 3.65. The van der Waals surface area contributed by atoms with Crippen LogP contribution < -0.4 is 5.73 Å². The van der Waals surface area contributed by atoms with Crippen molar-refractivity contribution < 1.29 is 0 Å². The molecule has 2 heteroatoms. The van der Waals surface area contributed by atoms with Crippen molar-refractivity contribution in [3.63, 3.8) is 0 Å². The summed E-state index contributed by atoms with van der Waals surface area (Å²) >= 11 is 0. The number of piperidine rings is 1. The van der Waals surface area contributed by atoms with E-state index in [4.69, 9.17) is 5.73 Å². The highest BCUT2D eigenvalue weighted by atomic mass is 15.2. The van der Waals surface area contributed by atoms with Gasteiger partial charge in [0.25, 0.3) is 0 Å². The zero-order chi connectivity index (χ0) is 12.3. The lowest BCUT2D eigenvalue weighted by Gasteiger charge is -2.44. The van der Waals surface area contributed by atoms with Gasteiger partial charge in [-0.1, -0.05) is 26.7 Å². The third-order valence-corrected chi connectivity index (χ3v) is 4.96. The average molecular weight is 238 g/mol. The summed E-state index contributed by atoms with van der Waals surface area (Å²) in [6, 6.07) is 1.29. The normalized spacial score (nSPS) is 32.5. The first-order valence-electron chi connectivity index (χ1n) is 7.68. The second-order valence-corrected chi connectivity index (χ2v) is 6.49. The van der Waals surface area contributed by atoms with Gasteiger partial charge < -0.3 is 10.6 Å². The third-order valence-electron chi connectivity index (χ3n) is 4.96. The summed E-state index contributed by atoms with van der Waals surface area (Å²) < 4.78 is 0. The van der Waals surface area contributed by atoms with Gasteiger partial charge in [0.05, 0.1) is 0 Å². The van der Waals surface area contributed by atoms with Crippen molar-refractivity contribution in [2.75, 3.05) is 13.1 Å². The first-order valence-corrected chi connectivity index (χ1v) is 7.68. The summed E-state index contributed by atoms with van der Waals surface area (Å²) in [5.41, 5.74) is 6.18. The van der Waals surface area contributed by atoms with E-state index in [2.05, 4.69) is 18.7 Å². The SMILES string of the molecule is CC(C)C(N)CCN1CCC[C@H]2CCCC[C@H]21. The van der Waals surface area contributed by atoms with Crippen LogP contribution in [-0.2, 0) is 0 Å². The summed E-state index contributed by atoms with van der Waals surface area (Å²) in [5.74, 6) is 1.63. The lowest BCUT2D eigenvalue weighted by molar-refractivity contribution is 0.0576. The Bertz CT molecular complexity index is 225. The molecular formula is C15H30N2. The van der Waals surface area contributed by atoms with Gasteiger partial charge in [-0.05, 0) is 57.0 Å². The summed E-state index contributed by atoms with van der Waals surface area (Å²) in [6.45, 7) is 7.04. The molecule has 100 valence electrons. The van der Waals surface area contributed by atoms with Crippen LogP contribution in [0.3, 0.4) is 0 Å². The van der Waals surface area contributed by atoms with E-state index in [-0.39, 0.29) is 0 Å². The maximum absolute atomic E-state index is 6.18. The van der Waals surface area contributed by atoms with E-state index in [9.17, 15) is 0 Å². The molecule has 1 aliphatic heterocycles. The molecule has 2 nitrogen and oxygen atoms in total. The van der Waals surface area contributed by atoms with Crippen LogP contribution in [0.15, 0.2) is 0 Å². The Hall–Kier alpha value is -0.0800. The molecule has 0 spiro atoms. The second kappa shape index (κ2) is 6.19. The van der Waals surface area contributed by atoms with E-state index in [1.54, 1.807) is 0 Å². The molecule has 0 bridgehead atoms. The lowest BCUT2D eigenvalue weighted by atomic mass is 9.78. The van der Waals surface area contributed by atoms with Crippen molar-refractivity contribution in [2.24, 2.45) is 17.6 Å². The lowest BCUT2D eigenvalue weighted by Crippen LogP contribution is -2.48. The molecule has 1 saturated carbocycles. The van der Waals surface area contributed by atoms with E-state index in [1.807, 2.05) is 0 Å². The zero-order valence-corrected chi connectivity index (χ0v) is 11.7. The zero-order valence-electron chi connectivity index (χ0n) is 11.7. The summed E-state index contributed by atoms with van der Waals surface area (Å²) in [4.78, 5) is 2.76. The molecule has 3 atom stereocenters. The van der Waals surface area contributed by atoms with Crippen LogP contribution in [0.2, 0.25) is 0 Å². The molecule has 0 aromatic heterocycles. The molecule has 2 rings (SSSR count). The van der Waals surface area contributed by atoms with Crippen LogP contribution >= 0.6 is 0 Å². The number of rotatable bonds is 4. The largest absolute Gasteiger partial charge is 0.327 e. The Morgan fingerprint density at radius 3 is 2.59 bits per heavy atom. The Morgan fingerprint density at radius 1 is 1.12 bits per heavy atom. The number of nitrogens with zero attached hydrogens (tertiary/aromatic N) is 1. The minimum Gasteiger partial charge on any atom is -0.327 e. The van der Waals surface area contributed by atoms with Crippen molar-refractivity contribution >= 4 is 0 Å². The van der Waals surface area contributed by atoms with Crippen LogP contribution in [0.1, 0.15) is 58.8 Å². The Balaban J connectivity index is 1.82. The van der Waals surface area contributed by atoms with Gasteiger partial charge in [-0.15, -0.1) is 0 Å². The summed E-state index contributed by atoms with van der Waals surface area (Å²) in [7, 11) is 0. The number of hydrogen-bond donors (Lipinski definition) is 1. The van der Waals surface area contributed by atoms with E-state index in [0.717, 1.165) is 12.0 Å². The molecule has 1 heterocycles. The number of hydrogen-bond acceptors (Lipinski definition) is 2. The highest BCUT2D eigenvalue weighted by molar-refractivity contribution is 4.87. The van der Waals surface area contributed by atoms with Gasteiger partial charge in [0.1, 0.15) is 0 Å². The van der Waals surface area contributed by atoms with Crippen molar-refractivity contribution in [2.45, 2.75) is 70.9 Å². The Kier molecular flexibility index (Phi) is 4.87. The maximum atomic E-state index is 6.18. The maximum Gasteiger partial charge on any atom is 0.0123 e. The van der Waals surface area contributed by atoms with E-state index < -0.39 is 0 Å². The molecule has 0 aromatic rings. The molecule has 2 N–H and O–H groups in total. The highest BCUT2D eigenvalue weighted by Gasteiger charge is 2.32. The monoisotopic (exact) mass is 238 g/mol. The molecule has 1 saturated heterocycles. The summed E-state index contributed by atoms with van der Waals surface area (Å²) in [5, 5.41) is 0. The van der Waals surface area contributed by atoms with Gasteiger partial charge in [0.15, 0.2) is 0 Å². The van der Waals surface area contributed by atoms with Gasteiger partial charge in [0.2, 0.25) is 0 Å². The standard InChI is InChI=1S/C15H30N2/c1-12(2)14(16)9-11-17-10-5-7-13-6-3-4-8-15(13)17/h12-15H,3-11,16H2,1-2H3/t13-,14?,15-/m1/s1. The molecule has 2 fully saturated rings. The van der Waals surface area contributed by atoms with Crippen LogP contribution in [0.4, 0.5) is 0 Å². The predicted octanol–water partition coefficient (Wildman–Crippen LogP) is 3.01. The highest BCUT2D eigenvalue weighted by Crippen LogP contribution is 2.35. The quantitative estimate of drug-likeness (QED) is 0.816. The van der Waals surface area contributed by atoms with E-state index >= 15 is 0 Å². The first kappa shape index (κ1) is 13.4. The smallest absolute Gasteiger partial charge is 0.0123 e. The van der Waals surface area contributed by atoms with Crippen LogP contribution in [0.5, 0.6) is 0 Å². The number of likely N-dealkylation sites (tertiary alicyclic amines) is 1.